The number of likely N-dealkylation sites (N-methyl/N-ethyl adjacent to an activating group) is 1. The van der Waals surface area contributed by atoms with Gasteiger partial charge in [-0.2, -0.15) is 0 Å². The zero-order valence-corrected chi connectivity index (χ0v) is 11.8. The van der Waals surface area contributed by atoms with Crippen molar-refractivity contribution in [1.29, 1.82) is 0 Å². The van der Waals surface area contributed by atoms with Gasteiger partial charge in [0.1, 0.15) is 5.58 Å². The van der Waals surface area contributed by atoms with Gasteiger partial charge in [-0.1, -0.05) is 26.8 Å². The van der Waals surface area contributed by atoms with E-state index < -0.39 is 0 Å². The van der Waals surface area contributed by atoms with Crippen LogP contribution in [0.25, 0.3) is 11.0 Å². The topological polar surface area (TPSA) is 25.2 Å². The molecule has 1 aromatic carbocycles. The van der Waals surface area contributed by atoms with Gasteiger partial charge >= 0.3 is 0 Å². The Balaban J connectivity index is 2.41. The molecular formula is C16H23NO. The molecule has 0 saturated carbocycles. The summed E-state index contributed by atoms with van der Waals surface area (Å²) in [7, 11) is 0. The second-order valence-electron chi connectivity index (χ2n) is 5.22. The SMILES string of the molecule is CCNC(C)C(C)(CC)c1ccc2occc2c1. The molecule has 2 heteroatoms. The van der Waals surface area contributed by atoms with Crippen LogP contribution in [0.2, 0.25) is 0 Å². The quantitative estimate of drug-likeness (QED) is 0.858. The highest BCUT2D eigenvalue weighted by Crippen LogP contribution is 2.33. The number of benzene rings is 1. The van der Waals surface area contributed by atoms with Crippen molar-refractivity contribution in [2.45, 2.75) is 45.6 Å². The summed E-state index contributed by atoms with van der Waals surface area (Å²) in [4.78, 5) is 0. The Hall–Kier alpha value is -1.28. The van der Waals surface area contributed by atoms with Crippen molar-refractivity contribution in [3.8, 4) is 0 Å². The maximum Gasteiger partial charge on any atom is 0.133 e. The first-order valence-electron chi connectivity index (χ1n) is 6.83. The minimum Gasteiger partial charge on any atom is -0.464 e. The lowest BCUT2D eigenvalue weighted by molar-refractivity contribution is 0.329. The second-order valence-corrected chi connectivity index (χ2v) is 5.22. The molecule has 0 aliphatic rings. The number of hydrogen-bond donors (Lipinski definition) is 1. The molecule has 2 aromatic rings. The van der Waals surface area contributed by atoms with Gasteiger partial charge in [0.2, 0.25) is 0 Å². The van der Waals surface area contributed by atoms with Crippen molar-refractivity contribution in [3.05, 3.63) is 36.1 Å². The van der Waals surface area contributed by atoms with Crippen LogP contribution in [0.1, 0.15) is 39.7 Å². The molecule has 2 nitrogen and oxygen atoms in total. The molecule has 2 atom stereocenters. The molecule has 0 bridgehead atoms. The third-order valence-electron chi connectivity index (χ3n) is 4.31. The zero-order chi connectivity index (χ0) is 13.2. The number of hydrogen-bond acceptors (Lipinski definition) is 2. The Morgan fingerprint density at radius 3 is 2.72 bits per heavy atom. The van der Waals surface area contributed by atoms with Crippen LogP contribution < -0.4 is 5.32 Å². The van der Waals surface area contributed by atoms with Gasteiger partial charge in [0, 0.05) is 16.8 Å². The van der Waals surface area contributed by atoms with E-state index in [0.29, 0.717) is 6.04 Å². The summed E-state index contributed by atoms with van der Waals surface area (Å²) in [6.45, 7) is 10.0. The van der Waals surface area contributed by atoms with Crippen LogP contribution in [0, 0.1) is 0 Å². The smallest absolute Gasteiger partial charge is 0.133 e. The molecule has 18 heavy (non-hydrogen) atoms. The Kier molecular flexibility index (Phi) is 3.76. The Morgan fingerprint density at radius 1 is 1.28 bits per heavy atom. The number of furan rings is 1. The minimum atomic E-state index is 0.154. The monoisotopic (exact) mass is 245 g/mol. The molecule has 2 rings (SSSR count). The van der Waals surface area contributed by atoms with Crippen LogP contribution in [-0.2, 0) is 5.41 Å². The summed E-state index contributed by atoms with van der Waals surface area (Å²) in [5.41, 5.74) is 2.50. The number of fused-ring (bicyclic) bond motifs is 1. The Labute approximate surface area is 109 Å². The molecule has 0 saturated heterocycles. The fraction of sp³-hybridized carbons (Fsp3) is 0.500. The summed E-state index contributed by atoms with van der Waals surface area (Å²) in [6, 6.07) is 9.03. The molecule has 0 amide bonds. The van der Waals surface area contributed by atoms with E-state index in [1.165, 1.54) is 10.9 Å². The summed E-state index contributed by atoms with van der Waals surface area (Å²) in [6.07, 6.45) is 2.87. The molecule has 0 aliphatic carbocycles. The molecule has 0 radical (unpaired) electrons. The lowest BCUT2D eigenvalue weighted by atomic mass is 9.74. The van der Waals surface area contributed by atoms with Gasteiger partial charge in [-0.3, -0.25) is 0 Å². The first kappa shape index (κ1) is 13.2. The largest absolute Gasteiger partial charge is 0.464 e. The van der Waals surface area contributed by atoms with Crippen molar-refractivity contribution >= 4 is 11.0 Å². The number of rotatable bonds is 5. The highest BCUT2D eigenvalue weighted by Gasteiger charge is 2.31. The summed E-state index contributed by atoms with van der Waals surface area (Å²) >= 11 is 0. The zero-order valence-electron chi connectivity index (χ0n) is 11.8. The highest BCUT2D eigenvalue weighted by molar-refractivity contribution is 5.78. The predicted octanol–water partition coefficient (Wildman–Crippen LogP) is 4.10. The van der Waals surface area contributed by atoms with Gasteiger partial charge in [0.25, 0.3) is 0 Å². The van der Waals surface area contributed by atoms with E-state index in [2.05, 4.69) is 51.2 Å². The highest BCUT2D eigenvalue weighted by atomic mass is 16.3. The average molecular weight is 245 g/mol. The Bertz CT molecular complexity index is 517. The van der Waals surface area contributed by atoms with E-state index in [0.717, 1.165) is 18.5 Å². The van der Waals surface area contributed by atoms with Crippen LogP contribution in [0.3, 0.4) is 0 Å². The van der Waals surface area contributed by atoms with Crippen LogP contribution in [0.5, 0.6) is 0 Å². The van der Waals surface area contributed by atoms with E-state index in [1.807, 2.05) is 6.07 Å². The van der Waals surface area contributed by atoms with Crippen molar-refractivity contribution in [3.63, 3.8) is 0 Å². The van der Waals surface area contributed by atoms with E-state index in [-0.39, 0.29) is 5.41 Å². The van der Waals surface area contributed by atoms with Crippen molar-refractivity contribution in [1.82, 2.24) is 5.32 Å². The first-order chi connectivity index (χ1) is 8.61. The molecule has 0 spiro atoms. The van der Waals surface area contributed by atoms with Crippen LogP contribution in [0.15, 0.2) is 34.9 Å². The van der Waals surface area contributed by atoms with Crippen molar-refractivity contribution in [2.75, 3.05) is 6.54 Å². The molecule has 1 aromatic heterocycles. The van der Waals surface area contributed by atoms with E-state index in [4.69, 9.17) is 4.42 Å². The van der Waals surface area contributed by atoms with Gasteiger partial charge < -0.3 is 9.73 Å². The van der Waals surface area contributed by atoms with Gasteiger partial charge in [0.05, 0.1) is 6.26 Å². The predicted molar refractivity (Wildman–Crippen MR) is 77.0 cm³/mol. The molecule has 2 unspecified atom stereocenters. The molecule has 0 aliphatic heterocycles. The van der Waals surface area contributed by atoms with Crippen LogP contribution in [0.4, 0.5) is 0 Å². The van der Waals surface area contributed by atoms with E-state index >= 15 is 0 Å². The molecule has 98 valence electrons. The Morgan fingerprint density at radius 2 is 2.06 bits per heavy atom. The summed E-state index contributed by atoms with van der Waals surface area (Å²) in [5, 5.41) is 4.74. The van der Waals surface area contributed by atoms with Crippen molar-refractivity contribution < 1.29 is 4.42 Å². The van der Waals surface area contributed by atoms with Crippen molar-refractivity contribution in [2.24, 2.45) is 0 Å². The molecule has 0 fully saturated rings. The van der Waals surface area contributed by atoms with Gasteiger partial charge in [0.15, 0.2) is 0 Å². The van der Waals surface area contributed by atoms with E-state index in [1.54, 1.807) is 6.26 Å². The summed E-state index contributed by atoms with van der Waals surface area (Å²) < 4.78 is 5.41. The fourth-order valence-corrected chi connectivity index (χ4v) is 2.61. The fourth-order valence-electron chi connectivity index (χ4n) is 2.61. The van der Waals surface area contributed by atoms with E-state index in [9.17, 15) is 0 Å². The lowest BCUT2D eigenvalue weighted by Crippen LogP contribution is -2.44. The average Bonchev–Trinajstić information content (AvgIpc) is 2.85. The normalized spacial score (nSPS) is 16.7. The molecule has 1 heterocycles. The minimum absolute atomic E-state index is 0.154. The van der Waals surface area contributed by atoms with Crippen LogP contribution >= 0.6 is 0 Å². The second kappa shape index (κ2) is 5.15. The van der Waals surface area contributed by atoms with Gasteiger partial charge in [-0.15, -0.1) is 0 Å². The summed E-state index contributed by atoms with van der Waals surface area (Å²) in [5.74, 6) is 0. The third kappa shape index (κ3) is 2.17. The third-order valence-corrected chi connectivity index (χ3v) is 4.31. The molecular weight excluding hydrogens is 222 g/mol. The van der Waals surface area contributed by atoms with Gasteiger partial charge in [-0.25, -0.2) is 0 Å². The molecule has 1 N–H and O–H groups in total. The van der Waals surface area contributed by atoms with Crippen LogP contribution in [-0.4, -0.2) is 12.6 Å². The lowest BCUT2D eigenvalue weighted by Gasteiger charge is -2.36. The first-order valence-corrected chi connectivity index (χ1v) is 6.83. The maximum absolute atomic E-state index is 5.41. The maximum atomic E-state index is 5.41. The van der Waals surface area contributed by atoms with Gasteiger partial charge in [-0.05, 0) is 43.7 Å². The number of nitrogens with one attached hydrogen (secondary N) is 1. The standard InChI is InChI=1S/C16H23NO/c1-5-16(4,12(3)17-6-2)14-7-8-15-13(11-14)9-10-18-15/h7-12,17H,5-6H2,1-4H3.